The Morgan fingerprint density at radius 1 is 1.10 bits per heavy atom. The Morgan fingerprint density at radius 2 is 1.75 bits per heavy atom. The second-order valence-corrected chi connectivity index (χ2v) is 5.16. The molecule has 1 amide bonds. The Bertz CT molecular complexity index is 588. The van der Waals surface area contributed by atoms with Crippen molar-refractivity contribution < 1.29 is 4.79 Å². The first-order valence-electron chi connectivity index (χ1n) is 6.79. The SMILES string of the molecule is CC(C)c1ccc(CNc2ccccc2C(N)=O)cc1. The normalized spacial score (nSPS) is 10.6. The monoisotopic (exact) mass is 268 g/mol. The molecule has 0 aliphatic rings. The van der Waals surface area contributed by atoms with Gasteiger partial charge in [-0.15, -0.1) is 0 Å². The highest BCUT2D eigenvalue weighted by atomic mass is 16.1. The van der Waals surface area contributed by atoms with E-state index < -0.39 is 5.91 Å². The largest absolute Gasteiger partial charge is 0.380 e. The second kappa shape index (κ2) is 6.24. The lowest BCUT2D eigenvalue weighted by atomic mass is 10.0. The van der Waals surface area contributed by atoms with Crippen molar-refractivity contribution in [3.05, 3.63) is 65.2 Å². The van der Waals surface area contributed by atoms with Gasteiger partial charge in [-0.1, -0.05) is 50.2 Å². The number of carbonyl (C=O) groups excluding carboxylic acids is 1. The van der Waals surface area contributed by atoms with Gasteiger partial charge in [0.1, 0.15) is 0 Å². The second-order valence-electron chi connectivity index (χ2n) is 5.16. The number of hydrogen-bond acceptors (Lipinski definition) is 2. The van der Waals surface area contributed by atoms with Gasteiger partial charge in [-0.3, -0.25) is 4.79 Å². The Balaban J connectivity index is 2.07. The topological polar surface area (TPSA) is 55.1 Å². The van der Waals surface area contributed by atoms with Gasteiger partial charge >= 0.3 is 0 Å². The van der Waals surface area contributed by atoms with Crippen molar-refractivity contribution in [3.8, 4) is 0 Å². The van der Waals surface area contributed by atoms with Crippen LogP contribution in [0.2, 0.25) is 0 Å². The Kier molecular flexibility index (Phi) is 4.41. The van der Waals surface area contributed by atoms with E-state index in [0.29, 0.717) is 18.0 Å². The Labute approximate surface area is 119 Å². The molecule has 0 aromatic heterocycles. The van der Waals surface area contributed by atoms with E-state index in [1.165, 1.54) is 11.1 Å². The third kappa shape index (κ3) is 3.38. The summed E-state index contributed by atoms with van der Waals surface area (Å²) in [5.41, 5.74) is 9.15. The molecule has 0 fully saturated rings. The van der Waals surface area contributed by atoms with Crippen molar-refractivity contribution in [2.75, 3.05) is 5.32 Å². The molecule has 0 spiro atoms. The number of amides is 1. The predicted molar refractivity (Wildman–Crippen MR) is 82.8 cm³/mol. The molecule has 0 unspecified atom stereocenters. The Morgan fingerprint density at radius 3 is 2.35 bits per heavy atom. The smallest absolute Gasteiger partial charge is 0.250 e. The fourth-order valence-corrected chi connectivity index (χ4v) is 2.07. The molecule has 2 rings (SSSR count). The van der Waals surface area contributed by atoms with E-state index in [9.17, 15) is 4.79 Å². The van der Waals surface area contributed by atoms with Crippen LogP contribution in [0.25, 0.3) is 0 Å². The number of hydrogen-bond donors (Lipinski definition) is 2. The van der Waals surface area contributed by atoms with E-state index in [1.807, 2.05) is 18.2 Å². The summed E-state index contributed by atoms with van der Waals surface area (Å²) in [5, 5.41) is 3.26. The Hall–Kier alpha value is -2.29. The fourth-order valence-electron chi connectivity index (χ4n) is 2.07. The molecular weight excluding hydrogens is 248 g/mol. The third-order valence-corrected chi connectivity index (χ3v) is 3.32. The highest BCUT2D eigenvalue weighted by Gasteiger charge is 2.06. The number of benzene rings is 2. The first kappa shape index (κ1) is 14.1. The summed E-state index contributed by atoms with van der Waals surface area (Å²) in [6.07, 6.45) is 0. The van der Waals surface area contributed by atoms with E-state index in [1.54, 1.807) is 6.07 Å². The number of primary amides is 1. The lowest BCUT2D eigenvalue weighted by molar-refractivity contribution is 0.100. The van der Waals surface area contributed by atoms with E-state index in [0.717, 1.165) is 5.69 Å². The highest BCUT2D eigenvalue weighted by molar-refractivity contribution is 5.98. The van der Waals surface area contributed by atoms with Gasteiger partial charge in [0.25, 0.3) is 5.91 Å². The minimum atomic E-state index is -0.414. The fraction of sp³-hybridized carbons (Fsp3) is 0.235. The first-order valence-corrected chi connectivity index (χ1v) is 6.79. The average Bonchev–Trinajstić information content (AvgIpc) is 2.45. The molecule has 0 aliphatic heterocycles. The molecule has 3 heteroatoms. The van der Waals surface area contributed by atoms with Crippen LogP contribution in [-0.4, -0.2) is 5.91 Å². The molecule has 2 aromatic carbocycles. The molecule has 0 radical (unpaired) electrons. The summed E-state index contributed by atoms with van der Waals surface area (Å²) in [6.45, 7) is 5.02. The van der Waals surface area contributed by atoms with Crippen LogP contribution >= 0.6 is 0 Å². The van der Waals surface area contributed by atoms with Gasteiger partial charge in [-0.05, 0) is 29.2 Å². The van der Waals surface area contributed by atoms with Crippen LogP contribution in [-0.2, 0) is 6.54 Å². The lowest BCUT2D eigenvalue weighted by Crippen LogP contribution is -2.14. The molecule has 0 aliphatic carbocycles. The predicted octanol–water partition coefficient (Wildman–Crippen LogP) is 3.52. The average molecular weight is 268 g/mol. The zero-order valence-corrected chi connectivity index (χ0v) is 11.9. The molecule has 0 atom stereocenters. The van der Waals surface area contributed by atoms with E-state index in [-0.39, 0.29) is 0 Å². The molecule has 20 heavy (non-hydrogen) atoms. The van der Waals surface area contributed by atoms with Crippen LogP contribution in [0.3, 0.4) is 0 Å². The maximum absolute atomic E-state index is 11.3. The third-order valence-electron chi connectivity index (χ3n) is 3.32. The molecule has 3 nitrogen and oxygen atoms in total. The van der Waals surface area contributed by atoms with Crippen LogP contribution in [0, 0.1) is 0 Å². The summed E-state index contributed by atoms with van der Waals surface area (Å²) >= 11 is 0. The number of para-hydroxylation sites is 1. The molecule has 3 N–H and O–H groups in total. The molecule has 104 valence electrons. The van der Waals surface area contributed by atoms with Gasteiger partial charge < -0.3 is 11.1 Å². The zero-order valence-electron chi connectivity index (χ0n) is 11.9. The van der Waals surface area contributed by atoms with Gasteiger partial charge in [0.2, 0.25) is 0 Å². The first-order chi connectivity index (χ1) is 9.58. The van der Waals surface area contributed by atoms with Crippen LogP contribution in [0.15, 0.2) is 48.5 Å². The van der Waals surface area contributed by atoms with E-state index in [4.69, 9.17) is 5.73 Å². The summed E-state index contributed by atoms with van der Waals surface area (Å²) in [4.78, 5) is 11.3. The highest BCUT2D eigenvalue weighted by Crippen LogP contribution is 2.17. The van der Waals surface area contributed by atoms with Crippen LogP contribution in [0.1, 0.15) is 41.3 Å². The summed E-state index contributed by atoms with van der Waals surface area (Å²) in [7, 11) is 0. The lowest BCUT2D eigenvalue weighted by Gasteiger charge is -2.11. The maximum Gasteiger partial charge on any atom is 0.250 e. The minimum absolute atomic E-state index is 0.414. The van der Waals surface area contributed by atoms with E-state index >= 15 is 0 Å². The molecule has 0 saturated heterocycles. The van der Waals surface area contributed by atoms with Crippen molar-refractivity contribution in [1.29, 1.82) is 0 Å². The molecule has 2 aromatic rings. The maximum atomic E-state index is 11.3. The quantitative estimate of drug-likeness (QED) is 0.871. The molecule has 0 bridgehead atoms. The molecule has 0 saturated carbocycles. The number of carbonyl (C=O) groups is 1. The minimum Gasteiger partial charge on any atom is -0.380 e. The van der Waals surface area contributed by atoms with Crippen molar-refractivity contribution in [2.24, 2.45) is 5.73 Å². The number of nitrogens with two attached hydrogens (primary N) is 1. The molecular formula is C17H20N2O. The standard InChI is InChI=1S/C17H20N2O/c1-12(2)14-9-7-13(8-10-14)11-19-16-6-4-3-5-15(16)17(18)20/h3-10,12,19H,11H2,1-2H3,(H2,18,20). The number of nitrogens with one attached hydrogen (secondary N) is 1. The van der Waals surface area contributed by atoms with Crippen molar-refractivity contribution in [1.82, 2.24) is 0 Å². The van der Waals surface area contributed by atoms with Crippen LogP contribution in [0.5, 0.6) is 0 Å². The summed E-state index contributed by atoms with van der Waals surface area (Å²) in [5.74, 6) is 0.121. The van der Waals surface area contributed by atoms with Crippen LogP contribution in [0.4, 0.5) is 5.69 Å². The van der Waals surface area contributed by atoms with Gasteiger partial charge in [0.15, 0.2) is 0 Å². The van der Waals surface area contributed by atoms with Crippen molar-refractivity contribution in [3.63, 3.8) is 0 Å². The van der Waals surface area contributed by atoms with Gasteiger partial charge in [0, 0.05) is 12.2 Å². The number of anilines is 1. The number of rotatable bonds is 5. The van der Waals surface area contributed by atoms with Crippen LogP contribution < -0.4 is 11.1 Å². The van der Waals surface area contributed by atoms with Gasteiger partial charge in [-0.25, -0.2) is 0 Å². The van der Waals surface area contributed by atoms with Crippen molar-refractivity contribution >= 4 is 11.6 Å². The van der Waals surface area contributed by atoms with E-state index in [2.05, 4.69) is 43.4 Å². The zero-order chi connectivity index (χ0) is 14.5. The van der Waals surface area contributed by atoms with Gasteiger partial charge in [0.05, 0.1) is 5.56 Å². The molecule has 0 heterocycles. The summed E-state index contributed by atoms with van der Waals surface area (Å²) < 4.78 is 0. The summed E-state index contributed by atoms with van der Waals surface area (Å²) in [6, 6.07) is 15.8. The van der Waals surface area contributed by atoms with Crippen molar-refractivity contribution in [2.45, 2.75) is 26.3 Å². The van der Waals surface area contributed by atoms with Gasteiger partial charge in [-0.2, -0.15) is 0 Å².